The van der Waals surface area contributed by atoms with Crippen LogP contribution in [0.3, 0.4) is 0 Å². The first-order chi connectivity index (χ1) is 38.3. The maximum absolute atomic E-state index is 13.1. The van der Waals surface area contributed by atoms with Gasteiger partial charge in [-0.3, -0.25) is 4.79 Å². The van der Waals surface area contributed by atoms with Gasteiger partial charge in [-0.15, -0.1) is 0 Å². The number of rotatable bonds is 58. The standard InChI is InChI=1S/C69H127NO8/c1-3-5-7-9-11-13-15-17-19-21-23-25-27-29-30-31-32-33-34-35-37-39-41-43-45-47-49-51-53-55-57-59-65(73)70-62(61-77-69-68(76)67(75)66(74)64(60-71)78-69)63(72)58-56-54-52-50-48-46-44-42-40-38-36-28-26-24-22-20-18-16-14-12-10-8-6-4-2/h5,7,11,13,17,19,23,25,29-30,62-64,66-69,71-72,74-76H,3-4,6,8-10,12,14-16,18,20-22,24,26-28,31-61H2,1-2H3,(H,70,73)/b7-5-,13-11-,19-17-,25-23-,30-29-. The van der Waals surface area contributed by atoms with Crippen molar-refractivity contribution in [3.05, 3.63) is 60.8 Å². The van der Waals surface area contributed by atoms with Gasteiger partial charge in [-0.1, -0.05) is 312 Å². The molecule has 1 aliphatic rings. The van der Waals surface area contributed by atoms with E-state index in [1.807, 2.05) is 0 Å². The molecule has 0 bridgehead atoms. The Labute approximate surface area is 481 Å². The molecule has 0 saturated carbocycles. The van der Waals surface area contributed by atoms with Crippen molar-refractivity contribution >= 4 is 5.91 Å². The summed E-state index contributed by atoms with van der Waals surface area (Å²) in [6.07, 6.45) is 72.7. The molecule has 7 atom stereocenters. The predicted octanol–water partition coefficient (Wildman–Crippen LogP) is 17.8. The fraction of sp³-hybridized carbons (Fsp3) is 0.841. The minimum atomic E-state index is -1.56. The van der Waals surface area contributed by atoms with Crippen LogP contribution in [-0.4, -0.2) is 87.5 Å². The minimum absolute atomic E-state index is 0.137. The highest BCUT2D eigenvalue weighted by atomic mass is 16.7. The van der Waals surface area contributed by atoms with E-state index in [-0.39, 0.29) is 12.5 Å². The van der Waals surface area contributed by atoms with Gasteiger partial charge < -0.3 is 40.3 Å². The van der Waals surface area contributed by atoms with Crippen LogP contribution in [0.5, 0.6) is 0 Å². The summed E-state index contributed by atoms with van der Waals surface area (Å²) in [6, 6.07) is -0.722. The second-order valence-corrected chi connectivity index (χ2v) is 23.2. The zero-order chi connectivity index (χ0) is 56.5. The lowest BCUT2D eigenvalue weighted by atomic mass is 9.99. The second kappa shape index (κ2) is 58.1. The van der Waals surface area contributed by atoms with Crippen LogP contribution in [0.25, 0.3) is 0 Å². The fourth-order valence-electron chi connectivity index (χ4n) is 10.7. The van der Waals surface area contributed by atoms with Gasteiger partial charge in [0.2, 0.25) is 5.91 Å². The molecule has 78 heavy (non-hydrogen) atoms. The van der Waals surface area contributed by atoms with Crippen molar-refractivity contribution < 1.29 is 39.8 Å². The summed E-state index contributed by atoms with van der Waals surface area (Å²) < 4.78 is 11.4. The Kier molecular flexibility index (Phi) is 55.0. The van der Waals surface area contributed by atoms with Crippen LogP contribution in [0.2, 0.25) is 0 Å². The molecular weight excluding hydrogens is 971 g/mol. The lowest BCUT2D eigenvalue weighted by Crippen LogP contribution is -2.60. The summed E-state index contributed by atoms with van der Waals surface area (Å²) in [7, 11) is 0. The molecular formula is C69H127NO8. The highest BCUT2D eigenvalue weighted by Crippen LogP contribution is 2.24. The summed E-state index contributed by atoms with van der Waals surface area (Å²) >= 11 is 0. The van der Waals surface area contributed by atoms with Gasteiger partial charge in [0.15, 0.2) is 6.29 Å². The van der Waals surface area contributed by atoms with Gasteiger partial charge in [0.1, 0.15) is 24.4 Å². The summed E-state index contributed by atoms with van der Waals surface area (Å²) in [4.78, 5) is 13.1. The largest absolute Gasteiger partial charge is 0.394 e. The van der Waals surface area contributed by atoms with Crippen molar-refractivity contribution in [1.82, 2.24) is 5.32 Å². The number of ether oxygens (including phenoxy) is 2. The summed E-state index contributed by atoms with van der Waals surface area (Å²) in [5.74, 6) is -0.141. The lowest BCUT2D eigenvalue weighted by Gasteiger charge is -2.40. The molecule has 1 fully saturated rings. The summed E-state index contributed by atoms with van der Waals surface area (Å²) in [5, 5.41) is 54.9. The number of carbonyl (C=O) groups is 1. The molecule has 0 spiro atoms. The van der Waals surface area contributed by atoms with Gasteiger partial charge in [0, 0.05) is 6.42 Å². The molecule has 0 aliphatic carbocycles. The average Bonchev–Trinajstić information content (AvgIpc) is 3.45. The van der Waals surface area contributed by atoms with E-state index in [4.69, 9.17) is 9.47 Å². The SMILES string of the molecule is CC/C=C\C/C=C\C/C=C\C/C=C\C/C=C\CCCCCCCCCCCCCCCCCC(=O)NC(COC1OC(CO)C(O)C(O)C1O)C(O)CCCCCCCCCCCCCCCCCCCCCCCCCC. The first-order valence-corrected chi connectivity index (χ1v) is 33.5. The quantitative estimate of drug-likeness (QED) is 0.0261. The van der Waals surface area contributed by atoms with Crippen LogP contribution in [0, 0.1) is 0 Å². The molecule has 456 valence electrons. The molecule has 7 unspecified atom stereocenters. The first kappa shape index (κ1) is 73.9. The van der Waals surface area contributed by atoms with Crippen LogP contribution in [0.4, 0.5) is 0 Å². The third-order valence-electron chi connectivity index (χ3n) is 15.9. The van der Waals surface area contributed by atoms with Crippen molar-refractivity contribution in [2.24, 2.45) is 0 Å². The molecule has 1 heterocycles. The number of hydrogen-bond acceptors (Lipinski definition) is 8. The van der Waals surface area contributed by atoms with Crippen LogP contribution in [-0.2, 0) is 14.3 Å². The van der Waals surface area contributed by atoms with Crippen molar-refractivity contribution in [2.75, 3.05) is 13.2 Å². The summed E-state index contributed by atoms with van der Waals surface area (Å²) in [5.41, 5.74) is 0. The van der Waals surface area contributed by atoms with Gasteiger partial charge >= 0.3 is 0 Å². The molecule has 9 heteroatoms. The predicted molar refractivity (Wildman–Crippen MR) is 332 cm³/mol. The molecule has 1 rings (SSSR count). The Hall–Kier alpha value is -2.11. The van der Waals surface area contributed by atoms with Crippen LogP contribution in [0.15, 0.2) is 60.8 Å². The Balaban J connectivity index is 2.13. The molecule has 9 nitrogen and oxygen atoms in total. The number of unbranched alkanes of at least 4 members (excludes halogenated alkanes) is 38. The second-order valence-electron chi connectivity index (χ2n) is 23.2. The topological polar surface area (TPSA) is 149 Å². The van der Waals surface area contributed by atoms with Gasteiger partial charge in [0.05, 0.1) is 25.4 Å². The molecule has 6 N–H and O–H groups in total. The molecule has 1 aliphatic heterocycles. The van der Waals surface area contributed by atoms with Gasteiger partial charge in [0.25, 0.3) is 0 Å². The number of carbonyl (C=O) groups excluding carboxylic acids is 1. The first-order valence-electron chi connectivity index (χ1n) is 33.5. The van der Waals surface area contributed by atoms with E-state index in [1.165, 1.54) is 218 Å². The highest BCUT2D eigenvalue weighted by molar-refractivity contribution is 5.76. The smallest absolute Gasteiger partial charge is 0.220 e. The maximum Gasteiger partial charge on any atom is 0.220 e. The van der Waals surface area contributed by atoms with Gasteiger partial charge in [-0.2, -0.15) is 0 Å². The Morgan fingerprint density at radius 2 is 0.795 bits per heavy atom. The fourth-order valence-corrected chi connectivity index (χ4v) is 10.7. The number of nitrogens with one attached hydrogen (secondary N) is 1. The minimum Gasteiger partial charge on any atom is -0.394 e. The summed E-state index contributed by atoms with van der Waals surface area (Å²) in [6.45, 7) is 3.76. The van der Waals surface area contributed by atoms with E-state index >= 15 is 0 Å². The zero-order valence-electron chi connectivity index (χ0n) is 50.9. The molecule has 1 saturated heterocycles. The van der Waals surface area contributed by atoms with E-state index in [9.17, 15) is 30.3 Å². The lowest BCUT2D eigenvalue weighted by molar-refractivity contribution is -0.302. The van der Waals surface area contributed by atoms with Crippen molar-refractivity contribution in [3.63, 3.8) is 0 Å². The van der Waals surface area contributed by atoms with Crippen LogP contribution >= 0.6 is 0 Å². The van der Waals surface area contributed by atoms with E-state index in [0.717, 1.165) is 70.6 Å². The number of hydrogen-bond donors (Lipinski definition) is 6. The van der Waals surface area contributed by atoms with Crippen molar-refractivity contribution in [1.29, 1.82) is 0 Å². The van der Waals surface area contributed by atoms with E-state index < -0.39 is 49.5 Å². The highest BCUT2D eigenvalue weighted by Gasteiger charge is 2.44. The van der Waals surface area contributed by atoms with E-state index in [1.54, 1.807) is 0 Å². The molecule has 0 radical (unpaired) electrons. The van der Waals surface area contributed by atoms with E-state index in [2.05, 4.69) is 79.9 Å². The number of aliphatic hydroxyl groups excluding tert-OH is 5. The molecule has 0 aromatic carbocycles. The van der Waals surface area contributed by atoms with Gasteiger partial charge in [-0.05, 0) is 57.8 Å². The molecule has 0 aromatic rings. The monoisotopic (exact) mass is 1100 g/mol. The Bertz CT molecular complexity index is 1410. The Morgan fingerprint density at radius 3 is 1.18 bits per heavy atom. The Morgan fingerprint density at radius 1 is 0.449 bits per heavy atom. The normalized spacial score (nSPS) is 19.0. The third kappa shape index (κ3) is 46.5. The third-order valence-corrected chi connectivity index (χ3v) is 15.9. The van der Waals surface area contributed by atoms with Crippen molar-refractivity contribution in [3.8, 4) is 0 Å². The van der Waals surface area contributed by atoms with Gasteiger partial charge in [-0.25, -0.2) is 0 Å². The maximum atomic E-state index is 13.1. The number of amides is 1. The van der Waals surface area contributed by atoms with Crippen LogP contribution < -0.4 is 5.32 Å². The number of aliphatic hydroxyl groups is 5. The van der Waals surface area contributed by atoms with Crippen molar-refractivity contribution in [2.45, 2.75) is 358 Å². The average molecular weight is 1100 g/mol. The molecule has 0 aromatic heterocycles. The number of allylic oxidation sites excluding steroid dienone is 10. The van der Waals surface area contributed by atoms with Crippen LogP contribution in [0.1, 0.15) is 316 Å². The molecule has 1 amide bonds. The zero-order valence-corrected chi connectivity index (χ0v) is 50.9. The van der Waals surface area contributed by atoms with E-state index in [0.29, 0.717) is 12.8 Å².